The van der Waals surface area contributed by atoms with Gasteiger partial charge < -0.3 is 47.4 Å². The molecule has 18 heteroatoms. The van der Waals surface area contributed by atoms with E-state index in [1.807, 2.05) is 0 Å². The zero-order chi connectivity index (χ0) is 49.4. The molecule has 0 saturated heterocycles. The fraction of sp³-hybridized carbons (Fsp3) is 0.160. The van der Waals surface area contributed by atoms with Crippen LogP contribution in [0.1, 0.15) is 62.1 Å². The standard InChI is InChI=1S/C50H40Br2O16/c1-59-33-11-27(12-34(23-33)60-2)45(55)46(56)28-15-37(67-35-13-25(9-31(51)21-35)43(53)47(57)29-17-39(61-3)49(65-7)40(18-29)62-4)24-38(16-28)68-36-14-26(10-32(52)22-36)44(54)48(58)30-19-41(63-5)50(66-8)42(20-30)64-6/h9-24H,1-8H3. The molecule has 0 heterocycles. The third kappa shape index (κ3) is 10.9. The normalized spacial score (nSPS) is 10.6. The summed E-state index contributed by atoms with van der Waals surface area (Å²) in [7, 11) is 11.1. The van der Waals surface area contributed by atoms with Crippen LogP contribution in [0.2, 0.25) is 0 Å². The molecular weight excluding hydrogens is 1020 g/mol. The molecular formula is C50H40Br2O16. The summed E-state index contributed by atoms with van der Waals surface area (Å²) in [5, 5.41) is 0. The minimum Gasteiger partial charge on any atom is -0.497 e. The fourth-order valence-electron chi connectivity index (χ4n) is 6.75. The third-order valence-corrected chi connectivity index (χ3v) is 10.9. The summed E-state index contributed by atoms with van der Waals surface area (Å²) in [5.41, 5.74) is -0.476. The maximum Gasteiger partial charge on any atom is 0.233 e. The predicted molar refractivity (Wildman–Crippen MR) is 253 cm³/mol. The van der Waals surface area contributed by atoms with Crippen LogP contribution in [0.4, 0.5) is 0 Å². The number of ether oxygens (including phenoxy) is 10. The van der Waals surface area contributed by atoms with Crippen LogP contribution in [-0.4, -0.2) is 91.6 Å². The molecule has 0 spiro atoms. The Balaban J connectivity index is 1.38. The number of carbonyl (C=O) groups excluding carboxylic acids is 6. The molecule has 6 rings (SSSR count). The first-order valence-electron chi connectivity index (χ1n) is 19.8. The number of benzene rings is 6. The lowest BCUT2D eigenvalue weighted by Gasteiger charge is -2.15. The van der Waals surface area contributed by atoms with Crippen LogP contribution in [-0.2, 0) is 0 Å². The van der Waals surface area contributed by atoms with E-state index in [1.165, 1.54) is 154 Å². The molecule has 0 aromatic heterocycles. The second-order valence-electron chi connectivity index (χ2n) is 14.2. The maximum atomic E-state index is 14.1. The van der Waals surface area contributed by atoms with Gasteiger partial charge in [0.25, 0.3) is 0 Å². The van der Waals surface area contributed by atoms with Crippen LogP contribution in [0.25, 0.3) is 0 Å². The minimum absolute atomic E-state index is 0.0282. The van der Waals surface area contributed by atoms with Crippen molar-refractivity contribution in [3.8, 4) is 69.0 Å². The Morgan fingerprint density at radius 2 is 0.515 bits per heavy atom. The molecule has 0 fully saturated rings. The number of rotatable bonds is 21. The highest BCUT2D eigenvalue weighted by Gasteiger charge is 2.27. The average molecular weight is 1060 g/mol. The number of hydrogen-bond acceptors (Lipinski definition) is 16. The van der Waals surface area contributed by atoms with Crippen LogP contribution in [0.3, 0.4) is 0 Å². The highest BCUT2D eigenvalue weighted by Crippen LogP contribution is 2.41. The SMILES string of the molecule is COc1cc(OC)cc(C(=O)C(=O)c2cc(Oc3cc(Br)cc(C(=O)C(=O)c4cc(OC)c(OC)c(OC)c4)c3)cc(Oc3cc(Br)cc(C(=O)C(=O)c4cc(OC)c(OC)c(OC)c4)c3)c2)c1. The van der Waals surface area contributed by atoms with Crippen molar-refractivity contribution in [2.75, 3.05) is 56.9 Å². The van der Waals surface area contributed by atoms with E-state index in [0.717, 1.165) is 0 Å². The quantitative estimate of drug-likeness (QED) is 0.0487. The van der Waals surface area contributed by atoms with Gasteiger partial charge in [0.1, 0.15) is 34.5 Å². The summed E-state index contributed by atoms with van der Waals surface area (Å²) in [5.74, 6) is -4.01. The van der Waals surface area contributed by atoms with Gasteiger partial charge in [-0.1, -0.05) is 31.9 Å². The lowest BCUT2D eigenvalue weighted by atomic mass is 10.00. The van der Waals surface area contributed by atoms with Crippen molar-refractivity contribution in [2.45, 2.75) is 0 Å². The first kappa shape index (κ1) is 49.7. The molecule has 350 valence electrons. The number of carbonyl (C=O) groups is 6. The Kier molecular flexibility index (Phi) is 15.9. The molecule has 6 aromatic rings. The molecule has 0 aliphatic heterocycles. The lowest BCUT2D eigenvalue weighted by molar-refractivity contribution is 0.0816. The molecule has 0 atom stereocenters. The minimum atomic E-state index is -0.988. The number of ketones is 6. The highest BCUT2D eigenvalue weighted by atomic mass is 79.9. The van der Waals surface area contributed by atoms with Gasteiger partial charge in [-0.3, -0.25) is 28.8 Å². The van der Waals surface area contributed by atoms with Gasteiger partial charge in [0.15, 0.2) is 23.0 Å². The number of halogens is 2. The Bertz CT molecular complexity index is 2770. The Morgan fingerprint density at radius 1 is 0.279 bits per heavy atom. The van der Waals surface area contributed by atoms with Crippen molar-refractivity contribution in [1.29, 1.82) is 0 Å². The molecule has 0 aliphatic carbocycles. The van der Waals surface area contributed by atoms with Gasteiger partial charge >= 0.3 is 0 Å². The second-order valence-corrected chi connectivity index (χ2v) is 16.0. The van der Waals surface area contributed by atoms with Crippen molar-refractivity contribution in [3.05, 3.63) is 139 Å². The van der Waals surface area contributed by atoms with Gasteiger partial charge in [-0.15, -0.1) is 0 Å². The van der Waals surface area contributed by atoms with E-state index in [0.29, 0.717) is 8.95 Å². The van der Waals surface area contributed by atoms with E-state index >= 15 is 0 Å². The summed E-state index contributed by atoms with van der Waals surface area (Å²) >= 11 is 6.76. The van der Waals surface area contributed by atoms with E-state index in [4.69, 9.17) is 47.4 Å². The monoisotopic (exact) mass is 1050 g/mol. The summed E-state index contributed by atoms with van der Waals surface area (Å²) < 4.78 is 55.8. The number of hydrogen-bond donors (Lipinski definition) is 0. The van der Waals surface area contributed by atoms with E-state index in [-0.39, 0.29) is 102 Å². The van der Waals surface area contributed by atoms with Gasteiger partial charge in [-0.2, -0.15) is 0 Å². The third-order valence-electron chi connectivity index (χ3n) is 9.97. The molecule has 0 unspecified atom stereocenters. The van der Waals surface area contributed by atoms with E-state index < -0.39 is 34.7 Å². The fourth-order valence-corrected chi connectivity index (χ4v) is 7.69. The largest absolute Gasteiger partial charge is 0.497 e. The van der Waals surface area contributed by atoms with Crippen LogP contribution < -0.4 is 47.4 Å². The molecule has 0 aliphatic rings. The number of Topliss-reactive ketones (excluding diaryl/α,β-unsaturated/α-hetero) is 6. The van der Waals surface area contributed by atoms with Crippen LogP contribution >= 0.6 is 31.9 Å². The Hall–Kier alpha value is -7.70. The predicted octanol–water partition coefficient (Wildman–Crippen LogP) is 10.1. The Labute approximate surface area is 406 Å². The zero-order valence-corrected chi connectivity index (χ0v) is 40.7. The van der Waals surface area contributed by atoms with Crippen molar-refractivity contribution in [3.63, 3.8) is 0 Å². The summed E-state index contributed by atoms with van der Waals surface area (Å²) in [6.07, 6.45) is 0. The average Bonchev–Trinajstić information content (AvgIpc) is 3.35. The maximum absolute atomic E-state index is 14.1. The lowest BCUT2D eigenvalue weighted by Crippen LogP contribution is -2.15. The van der Waals surface area contributed by atoms with Crippen LogP contribution in [0.5, 0.6) is 69.0 Å². The summed E-state index contributed by atoms with van der Waals surface area (Å²) in [4.78, 5) is 82.6. The molecule has 0 N–H and O–H groups in total. The zero-order valence-electron chi connectivity index (χ0n) is 37.5. The van der Waals surface area contributed by atoms with E-state index in [2.05, 4.69) is 31.9 Å². The molecule has 16 nitrogen and oxygen atoms in total. The highest BCUT2D eigenvalue weighted by molar-refractivity contribution is 9.10. The Morgan fingerprint density at radius 3 is 0.779 bits per heavy atom. The van der Waals surface area contributed by atoms with E-state index in [1.54, 1.807) is 0 Å². The first-order chi connectivity index (χ1) is 32.6. The smallest absolute Gasteiger partial charge is 0.233 e. The molecule has 0 amide bonds. The van der Waals surface area contributed by atoms with Crippen LogP contribution in [0, 0.1) is 0 Å². The second kappa shape index (κ2) is 21.7. The van der Waals surface area contributed by atoms with Gasteiger partial charge in [0.05, 0.1) is 56.9 Å². The van der Waals surface area contributed by atoms with Crippen molar-refractivity contribution in [2.24, 2.45) is 0 Å². The van der Waals surface area contributed by atoms with Crippen LogP contribution in [0.15, 0.2) is 106 Å². The summed E-state index contributed by atoms with van der Waals surface area (Å²) in [6.45, 7) is 0. The van der Waals surface area contributed by atoms with Gasteiger partial charge in [0, 0.05) is 54.5 Å². The summed E-state index contributed by atoms with van der Waals surface area (Å²) in [6, 6.07) is 22.1. The molecule has 0 saturated carbocycles. The molecule has 68 heavy (non-hydrogen) atoms. The number of methoxy groups -OCH3 is 8. The van der Waals surface area contributed by atoms with Crippen molar-refractivity contribution >= 4 is 66.6 Å². The van der Waals surface area contributed by atoms with Gasteiger partial charge in [-0.05, 0) is 84.9 Å². The molecule has 0 bridgehead atoms. The van der Waals surface area contributed by atoms with E-state index in [9.17, 15) is 28.8 Å². The molecule has 6 aromatic carbocycles. The van der Waals surface area contributed by atoms with Gasteiger partial charge in [0.2, 0.25) is 46.2 Å². The van der Waals surface area contributed by atoms with Crippen molar-refractivity contribution in [1.82, 2.24) is 0 Å². The van der Waals surface area contributed by atoms with Gasteiger partial charge in [-0.25, -0.2) is 0 Å². The molecule has 0 radical (unpaired) electrons. The first-order valence-corrected chi connectivity index (χ1v) is 21.4. The topological polar surface area (TPSA) is 195 Å². The van der Waals surface area contributed by atoms with Crippen molar-refractivity contribution < 1.29 is 76.1 Å².